The van der Waals surface area contributed by atoms with Gasteiger partial charge in [0.25, 0.3) is 0 Å². The van der Waals surface area contributed by atoms with Crippen LogP contribution in [0, 0.1) is 40.4 Å². The summed E-state index contributed by atoms with van der Waals surface area (Å²) in [5, 5.41) is 19.0. The van der Waals surface area contributed by atoms with Crippen LogP contribution in [0.15, 0.2) is 24.3 Å². The quantitative estimate of drug-likeness (QED) is 0.588. The smallest absolute Gasteiger partial charge is 0.545 e. The topological polar surface area (TPSA) is 80.3 Å². The van der Waals surface area contributed by atoms with E-state index in [1.165, 1.54) is 13.8 Å². The van der Waals surface area contributed by atoms with Crippen molar-refractivity contribution in [1.82, 2.24) is 0 Å². The normalized spacial score (nSPS) is 6.92. The Bertz CT molecular complexity index is 172. The fraction of sp³-hybridized carbons (Fsp3) is 0.250. The van der Waals surface area contributed by atoms with Crippen molar-refractivity contribution in [3.63, 3.8) is 0 Å². The monoisotopic (exact) mass is 322 g/mol. The molecule has 0 rings (SSSR count). The van der Waals surface area contributed by atoms with Gasteiger partial charge in [-0.2, -0.15) is 0 Å². The van der Waals surface area contributed by atoms with Gasteiger partial charge in [0.15, 0.2) is 0 Å². The Balaban J connectivity index is -0.000000143. The average molecular weight is 321 g/mol. The molecule has 0 atom stereocenters. The fourth-order valence-corrected chi connectivity index (χ4v) is 0. The van der Waals surface area contributed by atoms with Crippen molar-refractivity contribution in [3.05, 3.63) is 24.3 Å². The van der Waals surface area contributed by atoms with Gasteiger partial charge in [0, 0.05) is 0 Å². The second kappa shape index (κ2) is 9.84. The van der Waals surface area contributed by atoms with Gasteiger partial charge in [0.1, 0.15) is 0 Å². The van der Waals surface area contributed by atoms with Crippen molar-refractivity contribution in [2.24, 2.45) is 0 Å². The van der Waals surface area contributed by atoms with E-state index in [9.17, 15) is 19.8 Å². The molecule has 0 fully saturated rings. The van der Waals surface area contributed by atoms with Crippen LogP contribution in [0.3, 0.4) is 0 Å². The zero-order valence-corrected chi connectivity index (χ0v) is 10.1. The number of hydrogen-bond donors (Lipinski definition) is 0. The summed E-state index contributed by atoms with van der Waals surface area (Å²) < 4.78 is 0. The molecule has 0 amide bonds. The van der Waals surface area contributed by atoms with E-state index in [4.69, 9.17) is 0 Å². The summed E-state index contributed by atoms with van der Waals surface area (Å²) >= 11 is 0. The van der Waals surface area contributed by atoms with Crippen LogP contribution in [-0.2, 0) is 9.59 Å². The minimum atomic E-state index is -1.19. The van der Waals surface area contributed by atoms with Crippen molar-refractivity contribution in [2.45, 2.75) is 13.8 Å². The first-order chi connectivity index (χ1) is 5.29. The first-order valence-electron chi connectivity index (χ1n) is 3.02. The first kappa shape index (κ1) is 18.5. The molecule has 0 aromatic rings. The van der Waals surface area contributed by atoms with Crippen molar-refractivity contribution in [1.29, 1.82) is 0 Å². The maximum atomic E-state index is 9.49. The summed E-state index contributed by atoms with van der Waals surface area (Å²) in [5.74, 6) is -2.37. The molecule has 0 aromatic heterocycles. The molecule has 0 aliphatic rings. The van der Waals surface area contributed by atoms with Gasteiger partial charge in [-0.3, -0.25) is 0 Å². The molecule has 0 spiro atoms. The molecule has 0 heterocycles. The van der Waals surface area contributed by atoms with Crippen molar-refractivity contribution in [2.75, 3.05) is 0 Å². The molecule has 0 unspecified atom stereocenters. The number of aliphatic carboxylic acids is 2. The van der Waals surface area contributed by atoms with E-state index in [2.05, 4.69) is 13.2 Å². The van der Waals surface area contributed by atoms with Crippen LogP contribution in [0.5, 0.6) is 0 Å². The van der Waals surface area contributed by atoms with Crippen LogP contribution >= 0.6 is 0 Å². The molecule has 4 nitrogen and oxygen atoms in total. The minimum absolute atomic E-state index is 0. The third-order valence-electron chi connectivity index (χ3n) is 0.697. The summed E-state index contributed by atoms with van der Waals surface area (Å²) in [7, 11) is 0. The van der Waals surface area contributed by atoms with Crippen LogP contribution in [0.2, 0.25) is 0 Å². The molecule has 13 heavy (non-hydrogen) atoms. The Morgan fingerprint density at radius 1 is 0.923 bits per heavy atom. The van der Waals surface area contributed by atoms with Gasteiger partial charge in [-0.25, -0.2) is 0 Å². The van der Waals surface area contributed by atoms with Crippen molar-refractivity contribution >= 4 is 11.9 Å². The minimum Gasteiger partial charge on any atom is -0.545 e. The molecule has 0 aromatic carbocycles. The third kappa shape index (κ3) is 18.6. The third-order valence-corrected chi connectivity index (χ3v) is 0.697. The van der Waals surface area contributed by atoms with Crippen LogP contribution in [0.4, 0.5) is 0 Å². The molecular formula is C8H10O4Sm. The Hall–Kier alpha value is -0.242. The van der Waals surface area contributed by atoms with E-state index in [-0.39, 0.29) is 51.5 Å². The summed E-state index contributed by atoms with van der Waals surface area (Å²) in [6, 6.07) is 0. The van der Waals surface area contributed by atoms with E-state index in [1.807, 2.05) is 0 Å². The number of carboxylic acids is 2. The fourth-order valence-electron chi connectivity index (χ4n) is 0. The number of rotatable bonds is 2. The Morgan fingerprint density at radius 2 is 1.00 bits per heavy atom. The Kier molecular flexibility index (Phi) is 14.0. The van der Waals surface area contributed by atoms with E-state index >= 15 is 0 Å². The summed E-state index contributed by atoms with van der Waals surface area (Å²) in [6.45, 7) is 8.95. The Labute approximate surface area is 109 Å². The molecule has 0 radical (unpaired) electrons. The van der Waals surface area contributed by atoms with Crippen LogP contribution < -0.4 is 10.2 Å². The maximum absolute atomic E-state index is 9.49. The average Bonchev–Trinajstić information content (AvgIpc) is 1.88. The van der Waals surface area contributed by atoms with Gasteiger partial charge in [-0.05, 0) is 25.0 Å². The predicted molar refractivity (Wildman–Crippen MR) is 39.6 cm³/mol. The summed E-state index contributed by atoms with van der Waals surface area (Å²) in [4.78, 5) is 19.0. The van der Waals surface area contributed by atoms with E-state index in [1.54, 1.807) is 0 Å². The molecule has 0 bridgehead atoms. The summed E-state index contributed by atoms with van der Waals surface area (Å²) in [5.41, 5.74) is 0.130. The van der Waals surface area contributed by atoms with Crippen LogP contribution in [-0.4, -0.2) is 11.9 Å². The van der Waals surface area contributed by atoms with Gasteiger partial charge in [0.05, 0.1) is 11.9 Å². The standard InChI is InChI=1S/2C4H6O2.Sm/c2*1-3(2)4(5)6;/h2*1H2,2H3,(H,5,6);/q;;+2/p-2. The SMILES string of the molecule is C=C(C)C(=O)[O-].C=C(C)C(=O)[O-].[Sm+2]. The predicted octanol–water partition coefficient (Wildman–Crippen LogP) is -1.38. The molecule has 0 saturated heterocycles. The zero-order chi connectivity index (χ0) is 10.3. The van der Waals surface area contributed by atoms with E-state index in [0.29, 0.717) is 0 Å². The van der Waals surface area contributed by atoms with Gasteiger partial charge in [0.2, 0.25) is 0 Å². The van der Waals surface area contributed by atoms with Crippen molar-refractivity contribution in [3.8, 4) is 0 Å². The molecule has 0 N–H and O–H groups in total. The van der Waals surface area contributed by atoms with E-state index in [0.717, 1.165) is 0 Å². The molecule has 0 aliphatic heterocycles. The number of carbonyl (C=O) groups is 2. The second-order valence-corrected chi connectivity index (χ2v) is 2.14. The molecule has 0 saturated carbocycles. The van der Waals surface area contributed by atoms with Gasteiger partial charge in [-0.1, -0.05) is 13.2 Å². The summed E-state index contributed by atoms with van der Waals surface area (Å²) in [6.07, 6.45) is 0. The number of carbonyl (C=O) groups excluding carboxylic acids is 2. The van der Waals surface area contributed by atoms with Crippen LogP contribution in [0.25, 0.3) is 0 Å². The molecule has 72 valence electrons. The molecular weight excluding hydrogens is 310 g/mol. The van der Waals surface area contributed by atoms with Gasteiger partial charge < -0.3 is 19.8 Å². The van der Waals surface area contributed by atoms with Crippen molar-refractivity contribution < 1.29 is 60.2 Å². The maximum Gasteiger partial charge on any atom is 2.00 e. The molecule has 5 heteroatoms. The van der Waals surface area contributed by atoms with Gasteiger partial charge in [-0.15, -0.1) is 0 Å². The number of hydrogen-bond acceptors (Lipinski definition) is 4. The molecule has 0 aliphatic carbocycles. The van der Waals surface area contributed by atoms with Crippen LogP contribution in [0.1, 0.15) is 13.8 Å². The zero-order valence-electron chi connectivity index (χ0n) is 7.46. The second-order valence-electron chi connectivity index (χ2n) is 2.14. The first-order valence-corrected chi connectivity index (χ1v) is 3.02. The number of carboxylic acid groups (broad SMARTS) is 2. The van der Waals surface area contributed by atoms with Gasteiger partial charge >= 0.3 is 40.4 Å². The largest absolute Gasteiger partial charge is 2.00 e. The van der Waals surface area contributed by atoms with E-state index < -0.39 is 11.9 Å². The Morgan fingerprint density at radius 3 is 1.00 bits per heavy atom.